The summed E-state index contributed by atoms with van der Waals surface area (Å²) in [6.45, 7) is 0. The summed E-state index contributed by atoms with van der Waals surface area (Å²) in [5, 5.41) is 0.273. The van der Waals surface area contributed by atoms with Gasteiger partial charge in [0, 0.05) is 5.88 Å². The number of nitrogens with one attached hydrogen (secondary N) is 1. The van der Waals surface area contributed by atoms with E-state index in [4.69, 9.17) is 23.2 Å². The lowest BCUT2D eigenvalue weighted by Gasteiger charge is -2.06. The Kier molecular flexibility index (Phi) is 4.64. The number of pyridine rings is 1. The van der Waals surface area contributed by atoms with Crippen molar-refractivity contribution >= 4 is 54.8 Å². The molecule has 0 aliphatic rings. The molecule has 0 aromatic carbocycles. The zero-order chi connectivity index (χ0) is 11.5. The van der Waals surface area contributed by atoms with Crippen LogP contribution in [0.15, 0.2) is 16.7 Å². The standard InChI is InChI=1S/C7H7BrCl2N2O2S/c8-6-3-5(4-11-7(6)10)12-15(13,14)2-1-9/h3-4,12H,1-2H2. The van der Waals surface area contributed by atoms with Gasteiger partial charge in [-0.05, 0) is 22.0 Å². The Morgan fingerprint density at radius 3 is 2.73 bits per heavy atom. The molecule has 1 aromatic rings. The van der Waals surface area contributed by atoms with Gasteiger partial charge in [-0.3, -0.25) is 4.72 Å². The van der Waals surface area contributed by atoms with Crippen molar-refractivity contribution in [3.63, 3.8) is 0 Å². The number of hydrogen-bond acceptors (Lipinski definition) is 3. The van der Waals surface area contributed by atoms with Crippen molar-refractivity contribution < 1.29 is 8.42 Å². The Hall–Kier alpha value is -0.0400. The summed E-state index contributed by atoms with van der Waals surface area (Å²) in [5.74, 6) is -0.105. The number of rotatable bonds is 4. The quantitative estimate of drug-likeness (QED) is 0.680. The highest BCUT2D eigenvalue weighted by Crippen LogP contribution is 2.23. The van der Waals surface area contributed by atoms with Crippen molar-refractivity contribution in [3.05, 3.63) is 21.9 Å². The third-order valence-corrected chi connectivity index (χ3v) is 4.25. The molecule has 0 aliphatic carbocycles. The maximum absolute atomic E-state index is 11.3. The molecule has 0 saturated heterocycles. The molecule has 0 amide bonds. The van der Waals surface area contributed by atoms with E-state index < -0.39 is 10.0 Å². The molecule has 15 heavy (non-hydrogen) atoms. The van der Waals surface area contributed by atoms with Crippen molar-refractivity contribution in [2.75, 3.05) is 16.4 Å². The molecule has 0 radical (unpaired) electrons. The molecule has 0 saturated carbocycles. The molecule has 0 unspecified atom stereocenters. The summed E-state index contributed by atoms with van der Waals surface area (Å²) in [7, 11) is -3.40. The predicted octanol–water partition coefficient (Wildman–Crippen LogP) is 2.48. The van der Waals surface area contributed by atoms with Gasteiger partial charge in [-0.15, -0.1) is 11.6 Å². The molecule has 1 N–H and O–H groups in total. The smallest absolute Gasteiger partial charge is 0.233 e. The van der Waals surface area contributed by atoms with Crippen LogP contribution in [0.1, 0.15) is 0 Å². The predicted molar refractivity (Wildman–Crippen MR) is 65.1 cm³/mol. The highest BCUT2D eigenvalue weighted by Gasteiger charge is 2.10. The Morgan fingerprint density at radius 2 is 2.20 bits per heavy atom. The fraction of sp³-hybridized carbons (Fsp3) is 0.286. The number of halogens is 3. The Morgan fingerprint density at radius 1 is 1.53 bits per heavy atom. The summed E-state index contributed by atoms with van der Waals surface area (Å²) in [5.41, 5.74) is 0.344. The molecule has 4 nitrogen and oxygen atoms in total. The van der Waals surface area contributed by atoms with Crippen LogP contribution in [0, 0.1) is 0 Å². The zero-order valence-corrected chi connectivity index (χ0v) is 11.3. The summed E-state index contributed by atoms with van der Waals surface area (Å²) in [4.78, 5) is 3.78. The molecule has 1 rings (SSSR count). The van der Waals surface area contributed by atoms with E-state index in [2.05, 4.69) is 25.6 Å². The number of anilines is 1. The van der Waals surface area contributed by atoms with Crippen molar-refractivity contribution in [2.45, 2.75) is 0 Å². The second-order valence-corrected chi connectivity index (χ2v) is 6.04. The van der Waals surface area contributed by atoms with Crippen LogP contribution in [0.2, 0.25) is 5.15 Å². The van der Waals surface area contributed by atoms with Gasteiger partial charge in [0.1, 0.15) is 5.15 Å². The number of aromatic nitrogens is 1. The van der Waals surface area contributed by atoms with Gasteiger partial charge >= 0.3 is 0 Å². The first kappa shape index (κ1) is 13.0. The lowest BCUT2D eigenvalue weighted by atomic mass is 10.4. The first-order valence-electron chi connectivity index (χ1n) is 3.82. The van der Waals surface area contributed by atoms with Gasteiger partial charge < -0.3 is 0 Å². The lowest BCUT2D eigenvalue weighted by molar-refractivity contribution is 0.602. The van der Waals surface area contributed by atoms with Gasteiger partial charge in [0.2, 0.25) is 10.0 Å². The molecule has 8 heteroatoms. The molecular weight excluding hydrogens is 327 g/mol. The minimum absolute atomic E-state index is 0.0392. The van der Waals surface area contributed by atoms with Crippen LogP contribution in [0.4, 0.5) is 5.69 Å². The molecule has 1 aromatic heterocycles. The van der Waals surface area contributed by atoms with E-state index in [9.17, 15) is 8.42 Å². The third-order valence-electron chi connectivity index (χ3n) is 1.42. The second kappa shape index (κ2) is 5.34. The largest absolute Gasteiger partial charge is 0.282 e. The summed E-state index contributed by atoms with van der Waals surface area (Å²) < 4.78 is 25.5. The van der Waals surface area contributed by atoms with Gasteiger partial charge in [0.25, 0.3) is 0 Å². The molecule has 0 fully saturated rings. The van der Waals surface area contributed by atoms with Crippen LogP contribution >= 0.6 is 39.1 Å². The van der Waals surface area contributed by atoms with Crippen molar-refractivity contribution in [1.29, 1.82) is 0 Å². The van der Waals surface area contributed by atoms with Crippen LogP contribution in [0.25, 0.3) is 0 Å². The highest BCUT2D eigenvalue weighted by molar-refractivity contribution is 9.10. The SMILES string of the molecule is O=S(=O)(CCCl)Nc1cnc(Cl)c(Br)c1. The average molecular weight is 334 g/mol. The maximum Gasteiger partial charge on any atom is 0.233 e. The van der Waals surface area contributed by atoms with E-state index >= 15 is 0 Å². The van der Waals surface area contributed by atoms with Gasteiger partial charge in [0.15, 0.2) is 0 Å². The van der Waals surface area contributed by atoms with Crippen molar-refractivity contribution in [2.24, 2.45) is 0 Å². The number of nitrogens with zero attached hydrogens (tertiary/aromatic N) is 1. The Balaban J connectivity index is 2.86. The normalized spacial score (nSPS) is 11.4. The van der Waals surface area contributed by atoms with Gasteiger partial charge in [-0.1, -0.05) is 11.6 Å². The third kappa shape index (κ3) is 4.14. The maximum atomic E-state index is 11.3. The Labute approximate surface area is 106 Å². The van der Waals surface area contributed by atoms with Crippen LogP contribution in [0.3, 0.4) is 0 Å². The molecule has 1 heterocycles. The summed E-state index contributed by atoms with van der Waals surface area (Å²) >= 11 is 14.1. The van der Waals surface area contributed by atoms with Crippen LogP contribution in [-0.2, 0) is 10.0 Å². The first-order chi connectivity index (χ1) is 6.94. The summed E-state index contributed by atoms with van der Waals surface area (Å²) in [6.07, 6.45) is 1.33. The fourth-order valence-electron chi connectivity index (χ4n) is 0.809. The molecule has 84 valence electrons. The van der Waals surface area contributed by atoms with Gasteiger partial charge in [-0.2, -0.15) is 0 Å². The number of sulfonamides is 1. The van der Waals surface area contributed by atoms with Gasteiger partial charge in [0.05, 0.1) is 22.1 Å². The zero-order valence-electron chi connectivity index (χ0n) is 7.37. The van der Waals surface area contributed by atoms with Crippen LogP contribution in [0.5, 0.6) is 0 Å². The molecular formula is C7H7BrCl2N2O2S. The van der Waals surface area contributed by atoms with Crippen molar-refractivity contribution in [1.82, 2.24) is 4.98 Å². The molecule has 0 aliphatic heterocycles. The highest BCUT2D eigenvalue weighted by atomic mass is 79.9. The topological polar surface area (TPSA) is 59.1 Å². The van der Waals surface area contributed by atoms with Crippen molar-refractivity contribution in [3.8, 4) is 0 Å². The van der Waals surface area contributed by atoms with Crippen LogP contribution in [-0.4, -0.2) is 25.0 Å². The minimum Gasteiger partial charge on any atom is -0.282 e. The lowest BCUT2D eigenvalue weighted by Crippen LogP contribution is -2.17. The van der Waals surface area contributed by atoms with E-state index in [1.165, 1.54) is 12.3 Å². The number of hydrogen-bond donors (Lipinski definition) is 1. The Bertz CT molecular complexity index is 452. The summed E-state index contributed by atoms with van der Waals surface area (Å²) in [6, 6.07) is 1.53. The monoisotopic (exact) mass is 332 g/mol. The van der Waals surface area contributed by atoms with E-state index in [-0.39, 0.29) is 16.8 Å². The first-order valence-corrected chi connectivity index (χ1v) is 7.18. The van der Waals surface area contributed by atoms with E-state index in [0.29, 0.717) is 10.2 Å². The van der Waals surface area contributed by atoms with E-state index in [0.717, 1.165) is 0 Å². The average Bonchev–Trinajstić information content (AvgIpc) is 2.10. The van der Waals surface area contributed by atoms with E-state index in [1.54, 1.807) is 0 Å². The molecule has 0 spiro atoms. The number of alkyl halides is 1. The molecule has 0 atom stereocenters. The molecule has 0 bridgehead atoms. The fourth-order valence-corrected chi connectivity index (χ4v) is 2.65. The van der Waals surface area contributed by atoms with Gasteiger partial charge in [-0.25, -0.2) is 13.4 Å². The van der Waals surface area contributed by atoms with Crippen LogP contribution < -0.4 is 4.72 Å². The second-order valence-electron chi connectivity index (χ2n) is 2.61. The van der Waals surface area contributed by atoms with E-state index in [1.807, 2.05) is 0 Å². The minimum atomic E-state index is -3.40.